The van der Waals surface area contributed by atoms with Gasteiger partial charge in [0.05, 0.1) is 29.0 Å². The molecule has 0 bridgehead atoms. The van der Waals surface area contributed by atoms with Gasteiger partial charge in [0.25, 0.3) is 10.0 Å². The molecule has 3 heterocycles. The first-order valence-electron chi connectivity index (χ1n) is 12.7. The molecule has 9 nitrogen and oxygen atoms in total. The van der Waals surface area contributed by atoms with Crippen LogP contribution in [0, 0.1) is 5.41 Å². The van der Waals surface area contributed by atoms with Gasteiger partial charge in [-0.05, 0) is 38.3 Å². The zero-order valence-electron chi connectivity index (χ0n) is 21.6. The molecule has 0 saturated heterocycles. The number of para-hydroxylation sites is 1. The molecule has 0 spiro atoms. The van der Waals surface area contributed by atoms with E-state index in [0.717, 1.165) is 18.2 Å². The van der Waals surface area contributed by atoms with E-state index in [4.69, 9.17) is 9.26 Å². The Bertz CT molecular complexity index is 1700. The standard InChI is InChI=1S/C28H28N4O5S2/c1-27(11-12-27)26(33)29-15-21-14-19-6-3-4-8-24(19)32(21)39(34,35)28(2)10-5-7-22(23-9-13-37-31-23)25(28)36-16-20-17-38-18-30-20/h3-9,13-14,17-18H,10-12,15-16H2,1-2H3,(H,29,33). The van der Waals surface area contributed by atoms with Gasteiger partial charge in [0.15, 0.2) is 0 Å². The number of amides is 1. The Labute approximate surface area is 230 Å². The number of ether oxygens (including phenoxy) is 1. The largest absolute Gasteiger partial charge is 0.489 e. The van der Waals surface area contributed by atoms with Crippen molar-refractivity contribution in [2.24, 2.45) is 5.41 Å². The lowest BCUT2D eigenvalue weighted by Gasteiger charge is -2.35. The molecular weight excluding hydrogens is 536 g/mol. The maximum atomic E-state index is 14.8. The predicted octanol–water partition coefficient (Wildman–Crippen LogP) is 5.03. The number of nitrogens with one attached hydrogen (secondary N) is 1. The molecule has 1 saturated carbocycles. The van der Waals surface area contributed by atoms with Crippen molar-refractivity contribution in [2.45, 2.75) is 51.0 Å². The maximum Gasteiger partial charge on any atom is 0.252 e. The molecule has 1 amide bonds. The number of hydrogen-bond donors (Lipinski definition) is 1. The van der Waals surface area contributed by atoms with Crippen LogP contribution in [0.1, 0.15) is 50.2 Å². The van der Waals surface area contributed by atoms with E-state index in [-0.39, 0.29) is 36.7 Å². The van der Waals surface area contributed by atoms with Crippen LogP contribution in [0.3, 0.4) is 0 Å². The van der Waals surface area contributed by atoms with Crippen molar-refractivity contribution in [3.8, 4) is 0 Å². The number of thiazole rings is 1. The minimum absolute atomic E-state index is 0.0657. The Hall–Kier alpha value is -3.70. The molecule has 0 radical (unpaired) electrons. The van der Waals surface area contributed by atoms with Crippen molar-refractivity contribution < 1.29 is 22.5 Å². The Kier molecular flexibility index (Phi) is 6.22. The Balaban J connectivity index is 1.46. The van der Waals surface area contributed by atoms with Crippen LogP contribution in [0.25, 0.3) is 16.5 Å². The first-order valence-corrected chi connectivity index (χ1v) is 15.1. The van der Waals surface area contributed by atoms with Crippen LogP contribution in [-0.2, 0) is 32.7 Å². The lowest BCUT2D eigenvalue weighted by Crippen LogP contribution is -2.44. The summed E-state index contributed by atoms with van der Waals surface area (Å²) in [4.78, 5) is 17.0. The summed E-state index contributed by atoms with van der Waals surface area (Å²) in [6.07, 6.45) is 6.92. The van der Waals surface area contributed by atoms with Crippen LogP contribution in [-0.4, -0.2) is 33.2 Å². The number of carbonyl (C=O) groups is 1. The second kappa shape index (κ2) is 9.49. The van der Waals surface area contributed by atoms with Gasteiger partial charge in [-0.1, -0.05) is 42.4 Å². The van der Waals surface area contributed by atoms with Crippen LogP contribution < -0.4 is 5.32 Å². The molecule has 1 unspecified atom stereocenters. The van der Waals surface area contributed by atoms with Crippen molar-refractivity contribution in [1.29, 1.82) is 0 Å². The van der Waals surface area contributed by atoms with E-state index in [0.29, 0.717) is 28.2 Å². The van der Waals surface area contributed by atoms with Gasteiger partial charge in [-0.15, -0.1) is 11.3 Å². The average molecular weight is 565 g/mol. The van der Waals surface area contributed by atoms with Gasteiger partial charge in [0.1, 0.15) is 29.1 Å². The summed E-state index contributed by atoms with van der Waals surface area (Å²) in [5.41, 5.74) is 4.05. The van der Waals surface area contributed by atoms with Crippen molar-refractivity contribution in [3.63, 3.8) is 0 Å². The highest BCUT2D eigenvalue weighted by atomic mass is 32.2. The molecule has 0 aliphatic heterocycles. The summed E-state index contributed by atoms with van der Waals surface area (Å²) < 4.78 is 40.8. The van der Waals surface area contributed by atoms with Gasteiger partial charge < -0.3 is 14.6 Å². The molecule has 6 rings (SSSR count). The van der Waals surface area contributed by atoms with Crippen LogP contribution in [0.15, 0.2) is 76.0 Å². The van der Waals surface area contributed by atoms with Gasteiger partial charge >= 0.3 is 0 Å². The van der Waals surface area contributed by atoms with Crippen LogP contribution in [0.5, 0.6) is 0 Å². The van der Waals surface area contributed by atoms with E-state index < -0.39 is 14.8 Å². The fraction of sp³-hybridized carbons (Fsp3) is 0.321. The first kappa shape index (κ1) is 25.6. The number of allylic oxidation sites excluding steroid dienone is 3. The second-order valence-corrected chi connectivity index (χ2v) is 13.4. The van der Waals surface area contributed by atoms with Crippen LogP contribution in [0.2, 0.25) is 0 Å². The van der Waals surface area contributed by atoms with Crippen LogP contribution >= 0.6 is 11.3 Å². The smallest absolute Gasteiger partial charge is 0.252 e. The van der Waals surface area contributed by atoms with E-state index in [1.807, 2.05) is 42.7 Å². The third-order valence-electron chi connectivity index (χ3n) is 7.60. The van der Waals surface area contributed by atoms with E-state index in [2.05, 4.69) is 15.5 Å². The lowest BCUT2D eigenvalue weighted by atomic mass is 9.92. The molecule has 39 heavy (non-hydrogen) atoms. The van der Waals surface area contributed by atoms with Gasteiger partial charge in [-0.2, -0.15) is 0 Å². The van der Waals surface area contributed by atoms with E-state index in [9.17, 15) is 13.2 Å². The number of rotatable bonds is 9. The Morgan fingerprint density at radius 1 is 1.23 bits per heavy atom. The highest BCUT2D eigenvalue weighted by molar-refractivity contribution is 7.91. The molecule has 11 heteroatoms. The van der Waals surface area contributed by atoms with Crippen molar-refractivity contribution in [1.82, 2.24) is 19.4 Å². The monoisotopic (exact) mass is 564 g/mol. The molecule has 1 N–H and O–H groups in total. The lowest BCUT2D eigenvalue weighted by molar-refractivity contribution is -0.125. The Morgan fingerprint density at radius 3 is 2.77 bits per heavy atom. The molecule has 1 fully saturated rings. The SMILES string of the molecule is CC1(C(=O)NCc2cc3ccccc3n2S(=O)(=O)C2(C)CC=CC(c3ccon3)=C2OCc2cscn2)CC1. The van der Waals surface area contributed by atoms with Gasteiger partial charge in [0, 0.05) is 27.8 Å². The third kappa shape index (κ3) is 4.39. The van der Waals surface area contributed by atoms with Crippen molar-refractivity contribution in [3.05, 3.63) is 88.5 Å². The summed E-state index contributed by atoms with van der Waals surface area (Å²) in [6, 6.07) is 10.8. The Morgan fingerprint density at radius 2 is 2.05 bits per heavy atom. The fourth-order valence-corrected chi connectivity index (χ4v) is 7.42. The van der Waals surface area contributed by atoms with Crippen molar-refractivity contribution >= 4 is 43.7 Å². The number of benzene rings is 1. The molecule has 202 valence electrons. The number of carbonyl (C=O) groups excluding carboxylic acids is 1. The minimum atomic E-state index is -4.15. The minimum Gasteiger partial charge on any atom is -0.489 e. The van der Waals surface area contributed by atoms with Crippen LogP contribution in [0.4, 0.5) is 0 Å². The van der Waals surface area contributed by atoms with Gasteiger partial charge in [-0.3, -0.25) is 4.79 Å². The summed E-state index contributed by atoms with van der Waals surface area (Å²) in [5, 5.41) is 9.66. The number of hydrogen-bond acceptors (Lipinski definition) is 8. The molecule has 2 aliphatic rings. The van der Waals surface area contributed by atoms with E-state index >= 15 is 0 Å². The molecule has 1 atom stereocenters. The average Bonchev–Trinajstić information content (AvgIpc) is 3.38. The molecule has 3 aromatic heterocycles. The topological polar surface area (TPSA) is 116 Å². The quantitative estimate of drug-likeness (QED) is 0.303. The number of nitrogens with zero attached hydrogens (tertiary/aromatic N) is 3. The highest BCUT2D eigenvalue weighted by Gasteiger charge is 2.49. The second-order valence-electron chi connectivity index (χ2n) is 10.4. The number of fused-ring (bicyclic) bond motifs is 1. The molecule has 4 aromatic rings. The summed E-state index contributed by atoms with van der Waals surface area (Å²) in [6.45, 7) is 3.78. The molecular formula is C28H28N4O5S2. The normalized spacial score (nSPS) is 20.4. The summed E-state index contributed by atoms with van der Waals surface area (Å²) >= 11 is 1.44. The van der Waals surface area contributed by atoms with E-state index in [1.165, 1.54) is 21.6 Å². The number of aromatic nitrogens is 3. The fourth-order valence-electron chi connectivity index (χ4n) is 4.91. The van der Waals surface area contributed by atoms with Crippen molar-refractivity contribution in [2.75, 3.05) is 0 Å². The zero-order valence-corrected chi connectivity index (χ0v) is 23.2. The van der Waals surface area contributed by atoms with E-state index in [1.54, 1.807) is 30.6 Å². The highest BCUT2D eigenvalue weighted by Crippen LogP contribution is 2.45. The summed E-state index contributed by atoms with van der Waals surface area (Å²) in [5.74, 6) is 0.203. The van der Waals surface area contributed by atoms with Gasteiger partial charge in [0.2, 0.25) is 5.91 Å². The first-order chi connectivity index (χ1) is 18.7. The zero-order chi connectivity index (χ0) is 27.3. The molecule has 1 aromatic carbocycles. The van der Waals surface area contributed by atoms with Gasteiger partial charge in [-0.25, -0.2) is 17.4 Å². The molecule has 2 aliphatic carbocycles. The summed E-state index contributed by atoms with van der Waals surface area (Å²) in [7, 11) is -4.15. The maximum absolute atomic E-state index is 14.8. The third-order valence-corrected chi connectivity index (χ3v) is 10.6. The predicted molar refractivity (Wildman–Crippen MR) is 148 cm³/mol.